The van der Waals surface area contributed by atoms with E-state index in [1.807, 2.05) is 6.07 Å². The normalized spacial score (nSPS) is 22.3. The molecule has 0 bridgehead atoms. The van der Waals surface area contributed by atoms with Crippen molar-refractivity contribution in [1.29, 1.82) is 0 Å². The second kappa shape index (κ2) is 5.46. The summed E-state index contributed by atoms with van der Waals surface area (Å²) in [5.41, 5.74) is 8.84. The van der Waals surface area contributed by atoms with E-state index >= 15 is 0 Å². The second-order valence-corrected chi connectivity index (χ2v) is 6.35. The molecular weight excluding hydrogens is 272 g/mol. The first-order chi connectivity index (χ1) is 9.66. The summed E-state index contributed by atoms with van der Waals surface area (Å²) < 4.78 is 1.54. The molecule has 5 nitrogen and oxygen atoms in total. The maximum atomic E-state index is 11.4. The van der Waals surface area contributed by atoms with E-state index in [-0.39, 0.29) is 17.0 Å². The van der Waals surface area contributed by atoms with Gasteiger partial charge in [0.2, 0.25) is 0 Å². The molecule has 1 heterocycles. The largest absolute Gasteiger partial charge is 0.343 e. The zero-order chi connectivity index (χ0) is 14.1. The summed E-state index contributed by atoms with van der Waals surface area (Å²) in [6.45, 7) is 0. The lowest BCUT2D eigenvalue weighted by atomic mass is 10.00. The zero-order valence-electron chi connectivity index (χ0n) is 11.4. The number of fused-ring (bicyclic) bond motifs is 1. The number of hydrogen-bond donors (Lipinski definition) is 2. The van der Waals surface area contributed by atoms with E-state index in [0.717, 1.165) is 19.3 Å². The minimum absolute atomic E-state index is 0.0227. The molecule has 3 N–H and O–H groups in total. The van der Waals surface area contributed by atoms with E-state index in [0.29, 0.717) is 5.16 Å². The van der Waals surface area contributed by atoms with Crippen molar-refractivity contribution in [3.05, 3.63) is 45.9 Å². The Morgan fingerprint density at radius 1 is 1.45 bits per heavy atom. The number of aromatic nitrogens is 3. The number of aromatic amines is 1. The highest BCUT2D eigenvalue weighted by Crippen LogP contribution is 2.36. The number of nitrogens with one attached hydrogen (secondary N) is 1. The molecule has 0 fully saturated rings. The summed E-state index contributed by atoms with van der Waals surface area (Å²) in [6.07, 6.45) is 3.21. The van der Waals surface area contributed by atoms with Crippen LogP contribution in [0.1, 0.15) is 30.0 Å². The number of H-pyrrole nitrogens is 1. The molecule has 106 valence electrons. The van der Waals surface area contributed by atoms with Crippen molar-refractivity contribution in [3.8, 4) is 0 Å². The van der Waals surface area contributed by atoms with Gasteiger partial charge in [0.1, 0.15) is 0 Å². The van der Waals surface area contributed by atoms with E-state index in [2.05, 4.69) is 28.4 Å². The van der Waals surface area contributed by atoms with Gasteiger partial charge in [0.25, 0.3) is 0 Å². The lowest BCUT2D eigenvalue weighted by Gasteiger charge is -2.21. The van der Waals surface area contributed by atoms with Crippen molar-refractivity contribution in [2.24, 2.45) is 12.8 Å². The van der Waals surface area contributed by atoms with Gasteiger partial charge in [-0.2, -0.15) is 0 Å². The molecule has 0 amide bonds. The van der Waals surface area contributed by atoms with Crippen LogP contribution in [0.4, 0.5) is 0 Å². The van der Waals surface area contributed by atoms with Crippen molar-refractivity contribution in [1.82, 2.24) is 14.8 Å². The minimum Gasteiger partial charge on any atom is -0.323 e. The highest BCUT2D eigenvalue weighted by molar-refractivity contribution is 7.99. The molecule has 20 heavy (non-hydrogen) atoms. The van der Waals surface area contributed by atoms with Crippen LogP contribution < -0.4 is 11.4 Å². The lowest BCUT2D eigenvalue weighted by Crippen LogP contribution is -2.24. The molecule has 0 spiro atoms. The fourth-order valence-corrected chi connectivity index (χ4v) is 3.85. The molecule has 1 aromatic carbocycles. The Labute approximate surface area is 121 Å². The molecule has 0 radical (unpaired) electrons. The summed E-state index contributed by atoms with van der Waals surface area (Å²) >= 11 is 1.59. The highest BCUT2D eigenvalue weighted by Gasteiger charge is 2.26. The van der Waals surface area contributed by atoms with Crippen LogP contribution in [-0.4, -0.2) is 20.0 Å². The van der Waals surface area contributed by atoms with Gasteiger partial charge in [0, 0.05) is 18.3 Å². The SMILES string of the molecule is Cn1c(SC2CCCc3ccccc3C2N)n[nH]c1=O. The number of thioether (sulfide) groups is 1. The Bertz CT molecular complexity index is 663. The second-order valence-electron chi connectivity index (χ2n) is 5.14. The third-order valence-electron chi connectivity index (χ3n) is 3.85. The molecule has 1 aliphatic rings. The standard InChI is InChI=1S/C14H18N4OS/c1-18-13(19)16-17-14(18)20-11-8-4-6-9-5-2-3-7-10(9)12(11)15/h2-3,5,7,11-12H,4,6,8,15H2,1H3,(H,16,19). The van der Waals surface area contributed by atoms with Crippen LogP contribution in [0.2, 0.25) is 0 Å². The quantitative estimate of drug-likeness (QED) is 0.824. The monoisotopic (exact) mass is 290 g/mol. The van der Waals surface area contributed by atoms with Gasteiger partial charge in [0.15, 0.2) is 5.16 Å². The molecule has 2 atom stereocenters. The first kappa shape index (κ1) is 13.5. The fourth-order valence-electron chi connectivity index (χ4n) is 2.67. The van der Waals surface area contributed by atoms with Crippen LogP contribution >= 0.6 is 11.8 Å². The van der Waals surface area contributed by atoms with Gasteiger partial charge < -0.3 is 5.73 Å². The smallest absolute Gasteiger partial charge is 0.323 e. The summed E-state index contributed by atoms with van der Waals surface area (Å²) in [6, 6.07) is 8.35. The van der Waals surface area contributed by atoms with Crippen LogP contribution in [0.15, 0.2) is 34.2 Å². The third kappa shape index (κ3) is 2.41. The van der Waals surface area contributed by atoms with Crippen LogP contribution in [0.25, 0.3) is 0 Å². The van der Waals surface area contributed by atoms with Crippen molar-refractivity contribution < 1.29 is 0 Å². The fraction of sp³-hybridized carbons (Fsp3) is 0.429. The summed E-state index contributed by atoms with van der Waals surface area (Å²) in [4.78, 5) is 11.4. The van der Waals surface area contributed by atoms with Gasteiger partial charge in [-0.05, 0) is 30.4 Å². The average molecular weight is 290 g/mol. The van der Waals surface area contributed by atoms with Crippen molar-refractivity contribution in [2.75, 3.05) is 0 Å². The molecule has 3 rings (SSSR count). The minimum atomic E-state index is -0.185. The predicted octanol–water partition coefficient (Wildman–Crippen LogP) is 1.61. The van der Waals surface area contributed by atoms with Crippen molar-refractivity contribution in [3.63, 3.8) is 0 Å². The molecule has 6 heteroatoms. The van der Waals surface area contributed by atoms with E-state index in [1.165, 1.54) is 15.7 Å². The first-order valence-corrected chi connectivity index (χ1v) is 7.66. The Morgan fingerprint density at radius 2 is 2.25 bits per heavy atom. The summed E-state index contributed by atoms with van der Waals surface area (Å²) in [7, 11) is 1.73. The number of nitrogens with two attached hydrogens (primary N) is 1. The Hall–Kier alpha value is -1.53. The Balaban J connectivity index is 1.87. The maximum absolute atomic E-state index is 11.4. The Morgan fingerprint density at radius 3 is 3.00 bits per heavy atom. The Kier molecular flexibility index (Phi) is 3.67. The van der Waals surface area contributed by atoms with Gasteiger partial charge in [0.05, 0.1) is 0 Å². The van der Waals surface area contributed by atoms with E-state index in [9.17, 15) is 4.79 Å². The number of aryl methyl sites for hydroxylation is 1. The van der Waals surface area contributed by atoms with Gasteiger partial charge in [-0.3, -0.25) is 4.57 Å². The molecular formula is C14H18N4OS. The van der Waals surface area contributed by atoms with E-state index in [4.69, 9.17) is 5.73 Å². The number of benzene rings is 1. The van der Waals surface area contributed by atoms with Gasteiger partial charge in [-0.1, -0.05) is 36.0 Å². The lowest BCUT2D eigenvalue weighted by molar-refractivity contribution is 0.627. The van der Waals surface area contributed by atoms with Crippen molar-refractivity contribution >= 4 is 11.8 Å². The zero-order valence-corrected chi connectivity index (χ0v) is 12.2. The highest BCUT2D eigenvalue weighted by atomic mass is 32.2. The molecule has 0 saturated carbocycles. The molecule has 1 aliphatic carbocycles. The van der Waals surface area contributed by atoms with Gasteiger partial charge in [-0.15, -0.1) is 5.10 Å². The third-order valence-corrected chi connectivity index (χ3v) is 5.25. The van der Waals surface area contributed by atoms with Crippen LogP contribution in [0.3, 0.4) is 0 Å². The van der Waals surface area contributed by atoms with Gasteiger partial charge in [-0.25, -0.2) is 9.89 Å². The number of rotatable bonds is 2. The van der Waals surface area contributed by atoms with Crippen molar-refractivity contribution in [2.45, 2.75) is 35.7 Å². The maximum Gasteiger partial charge on any atom is 0.343 e. The number of nitrogens with zero attached hydrogens (tertiary/aromatic N) is 2. The van der Waals surface area contributed by atoms with Gasteiger partial charge >= 0.3 is 5.69 Å². The average Bonchev–Trinajstić information content (AvgIpc) is 2.69. The summed E-state index contributed by atoms with van der Waals surface area (Å²) in [5, 5.41) is 7.48. The first-order valence-electron chi connectivity index (χ1n) is 6.78. The predicted molar refractivity (Wildman–Crippen MR) is 79.8 cm³/mol. The van der Waals surface area contributed by atoms with Crippen LogP contribution in [0.5, 0.6) is 0 Å². The molecule has 2 unspecified atom stereocenters. The van der Waals surface area contributed by atoms with E-state index in [1.54, 1.807) is 18.8 Å². The van der Waals surface area contributed by atoms with E-state index < -0.39 is 0 Å². The molecule has 0 aliphatic heterocycles. The molecule has 2 aromatic rings. The number of hydrogen-bond acceptors (Lipinski definition) is 4. The van der Waals surface area contributed by atoms with Crippen LogP contribution in [-0.2, 0) is 13.5 Å². The van der Waals surface area contributed by atoms with Crippen LogP contribution in [0, 0.1) is 0 Å². The molecule has 0 saturated heterocycles. The topological polar surface area (TPSA) is 76.7 Å². The summed E-state index contributed by atoms with van der Waals surface area (Å²) in [5.74, 6) is 0. The molecule has 1 aromatic heterocycles.